The van der Waals surface area contributed by atoms with Gasteiger partial charge in [0, 0.05) is 6.04 Å². The maximum absolute atomic E-state index is 5.15. The molecule has 17 heavy (non-hydrogen) atoms. The minimum Gasteiger partial charge on any atom is -0.497 e. The molecule has 0 radical (unpaired) electrons. The Kier molecular flexibility index (Phi) is 6.06. The number of benzene rings is 1. The first-order valence-electron chi connectivity index (χ1n) is 6.53. The molecular formula is C15H25NO. The Labute approximate surface area is 105 Å². The van der Waals surface area contributed by atoms with Gasteiger partial charge >= 0.3 is 0 Å². The molecule has 1 N–H and O–H groups in total. The Bertz CT molecular complexity index is 305. The summed E-state index contributed by atoms with van der Waals surface area (Å²) in [5, 5.41) is 3.61. The van der Waals surface area contributed by atoms with E-state index in [-0.39, 0.29) is 0 Å². The summed E-state index contributed by atoms with van der Waals surface area (Å²) in [7, 11) is 1.70. The molecule has 1 rings (SSSR count). The monoisotopic (exact) mass is 235 g/mol. The maximum Gasteiger partial charge on any atom is 0.118 e. The van der Waals surface area contributed by atoms with Crippen LogP contribution in [0.2, 0.25) is 0 Å². The van der Waals surface area contributed by atoms with E-state index in [1.807, 2.05) is 12.1 Å². The summed E-state index contributed by atoms with van der Waals surface area (Å²) in [5.74, 6) is 1.63. The molecule has 2 heteroatoms. The Morgan fingerprint density at radius 2 is 1.82 bits per heavy atom. The van der Waals surface area contributed by atoms with Crippen molar-refractivity contribution in [2.75, 3.05) is 13.7 Å². The Balaban J connectivity index is 2.34. The second-order valence-corrected chi connectivity index (χ2v) is 4.81. The smallest absolute Gasteiger partial charge is 0.118 e. The van der Waals surface area contributed by atoms with Crippen LogP contribution in [0.4, 0.5) is 0 Å². The highest BCUT2D eigenvalue weighted by Gasteiger charge is 2.09. The van der Waals surface area contributed by atoms with Crippen molar-refractivity contribution in [1.29, 1.82) is 0 Å². The van der Waals surface area contributed by atoms with Crippen molar-refractivity contribution in [3.05, 3.63) is 29.8 Å². The van der Waals surface area contributed by atoms with Gasteiger partial charge in [0.05, 0.1) is 7.11 Å². The Morgan fingerprint density at radius 1 is 1.18 bits per heavy atom. The SMILES string of the molecule is CCC(NCCc1ccc(OC)cc1)C(C)C. The fraction of sp³-hybridized carbons (Fsp3) is 0.600. The lowest BCUT2D eigenvalue weighted by atomic mass is 10.0. The average Bonchev–Trinajstić information content (AvgIpc) is 2.35. The molecule has 0 saturated heterocycles. The summed E-state index contributed by atoms with van der Waals surface area (Å²) in [6.07, 6.45) is 2.27. The van der Waals surface area contributed by atoms with Crippen LogP contribution in [0.1, 0.15) is 32.8 Å². The molecule has 96 valence electrons. The van der Waals surface area contributed by atoms with Crippen LogP contribution in [0.3, 0.4) is 0 Å². The van der Waals surface area contributed by atoms with Crippen LogP contribution < -0.4 is 10.1 Å². The molecule has 0 aliphatic heterocycles. The van der Waals surface area contributed by atoms with Crippen LogP contribution >= 0.6 is 0 Å². The lowest BCUT2D eigenvalue weighted by Crippen LogP contribution is -2.34. The molecule has 0 fully saturated rings. The summed E-state index contributed by atoms with van der Waals surface area (Å²) in [5.41, 5.74) is 1.36. The van der Waals surface area contributed by atoms with Crippen molar-refractivity contribution >= 4 is 0 Å². The first kappa shape index (κ1) is 14.0. The van der Waals surface area contributed by atoms with Crippen LogP contribution in [0.25, 0.3) is 0 Å². The number of hydrogen-bond donors (Lipinski definition) is 1. The second kappa shape index (κ2) is 7.33. The largest absolute Gasteiger partial charge is 0.497 e. The molecular weight excluding hydrogens is 210 g/mol. The summed E-state index contributed by atoms with van der Waals surface area (Å²) in [4.78, 5) is 0. The van der Waals surface area contributed by atoms with E-state index in [1.54, 1.807) is 7.11 Å². The van der Waals surface area contributed by atoms with Crippen LogP contribution in [0.5, 0.6) is 5.75 Å². The highest BCUT2D eigenvalue weighted by molar-refractivity contribution is 5.27. The zero-order valence-corrected chi connectivity index (χ0v) is 11.5. The zero-order valence-electron chi connectivity index (χ0n) is 11.5. The van der Waals surface area contributed by atoms with Gasteiger partial charge < -0.3 is 10.1 Å². The molecule has 0 saturated carbocycles. The standard InChI is InChI=1S/C15H25NO/c1-5-15(12(2)3)16-11-10-13-6-8-14(17-4)9-7-13/h6-9,12,15-16H,5,10-11H2,1-4H3. The van der Waals surface area contributed by atoms with Crippen molar-refractivity contribution in [3.8, 4) is 5.75 Å². The van der Waals surface area contributed by atoms with E-state index >= 15 is 0 Å². The van der Waals surface area contributed by atoms with Crippen LogP contribution in [-0.4, -0.2) is 19.7 Å². The van der Waals surface area contributed by atoms with Gasteiger partial charge in [0.25, 0.3) is 0 Å². The predicted octanol–water partition coefficient (Wildman–Crippen LogP) is 3.26. The van der Waals surface area contributed by atoms with Gasteiger partial charge in [-0.2, -0.15) is 0 Å². The molecule has 1 aromatic rings. The number of methoxy groups -OCH3 is 1. The quantitative estimate of drug-likeness (QED) is 0.783. The molecule has 0 aliphatic carbocycles. The van der Waals surface area contributed by atoms with Crippen LogP contribution in [0, 0.1) is 5.92 Å². The van der Waals surface area contributed by atoms with E-state index in [4.69, 9.17) is 4.74 Å². The summed E-state index contributed by atoms with van der Waals surface area (Å²) in [6.45, 7) is 7.83. The summed E-state index contributed by atoms with van der Waals surface area (Å²) < 4.78 is 5.15. The van der Waals surface area contributed by atoms with E-state index < -0.39 is 0 Å². The van der Waals surface area contributed by atoms with E-state index in [0.717, 1.165) is 18.7 Å². The van der Waals surface area contributed by atoms with Gasteiger partial charge in [0.15, 0.2) is 0 Å². The minimum atomic E-state index is 0.633. The minimum absolute atomic E-state index is 0.633. The Hall–Kier alpha value is -1.02. The molecule has 0 aromatic heterocycles. The number of hydrogen-bond acceptors (Lipinski definition) is 2. The summed E-state index contributed by atoms with van der Waals surface area (Å²) >= 11 is 0. The topological polar surface area (TPSA) is 21.3 Å². The van der Waals surface area contributed by atoms with Gasteiger partial charge in [-0.1, -0.05) is 32.9 Å². The first-order valence-corrected chi connectivity index (χ1v) is 6.53. The zero-order chi connectivity index (χ0) is 12.7. The molecule has 1 atom stereocenters. The molecule has 1 unspecified atom stereocenters. The van der Waals surface area contributed by atoms with Crippen LogP contribution in [-0.2, 0) is 6.42 Å². The van der Waals surface area contributed by atoms with Gasteiger partial charge in [0.1, 0.15) is 5.75 Å². The van der Waals surface area contributed by atoms with Gasteiger partial charge in [-0.3, -0.25) is 0 Å². The van der Waals surface area contributed by atoms with Gasteiger partial charge in [-0.25, -0.2) is 0 Å². The fourth-order valence-corrected chi connectivity index (χ4v) is 2.05. The second-order valence-electron chi connectivity index (χ2n) is 4.81. The van der Waals surface area contributed by atoms with Crippen molar-refractivity contribution in [3.63, 3.8) is 0 Å². The predicted molar refractivity (Wildman–Crippen MR) is 73.6 cm³/mol. The van der Waals surface area contributed by atoms with Crippen LogP contribution in [0.15, 0.2) is 24.3 Å². The normalized spacial score (nSPS) is 12.8. The van der Waals surface area contributed by atoms with E-state index in [1.165, 1.54) is 12.0 Å². The number of rotatable bonds is 7. The van der Waals surface area contributed by atoms with E-state index in [0.29, 0.717) is 12.0 Å². The molecule has 0 aliphatic rings. The van der Waals surface area contributed by atoms with Crippen molar-refractivity contribution < 1.29 is 4.74 Å². The molecule has 0 amide bonds. The fourth-order valence-electron chi connectivity index (χ4n) is 2.05. The van der Waals surface area contributed by atoms with Gasteiger partial charge in [0.2, 0.25) is 0 Å². The molecule has 2 nitrogen and oxygen atoms in total. The first-order chi connectivity index (χ1) is 8.17. The van der Waals surface area contributed by atoms with Gasteiger partial charge in [-0.05, 0) is 43.0 Å². The van der Waals surface area contributed by atoms with E-state index in [9.17, 15) is 0 Å². The molecule has 1 aromatic carbocycles. The Morgan fingerprint density at radius 3 is 2.29 bits per heavy atom. The lowest BCUT2D eigenvalue weighted by molar-refractivity contribution is 0.391. The van der Waals surface area contributed by atoms with Crippen molar-refractivity contribution in [2.24, 2.45) is 5.92 Å². The highest BCUT2D eigenvalue weighted by atomic mass is 16.5. The third-order valence-corrected chi connectivity index (χ3v) is 3.22. The third-order valence-electron chi connectivity index (χ3n) is 3.22. The lowest BCUT2D eigenvalue weighted by Gasteiger charge is -2.20. The van der Waals surface area contributed by atoms with E-state index in [2.05, 4.69) is 38.2 Å². The molecule has 0 spiro atoms. The third kappa shape index (κ3) is 4.78. The van der Waals surface area contributed by atoms with Gasteiger partial charge in [-0.15, -0.1) is 0 Å². The van der Waals surface area contributed by atoms with Crippen molar-refractivity contribution in [2.45, 2.75) is 39.7 Å². The number of nitrogens with one attached hydrogen (secondary N) is 1. The highest BCUT2D eigenvalue weighted by Crippen LogP contribution is 2.11. The summed E-state index contributed by atoms with van der Waals surface area (Å²) in [6, 6.07) is 8.95. The molecule has 0 bridgehead atoms. The maximum atomic E-state index is 5.15. The van der Waals surface area contributed by atoms with Crippen molar-refractivity contribution in [1.82, 2.24) is 5.32 Å². The molecule has 0 heterocycles. The number of ether oxygens (including phenoxy) is 1. The average molecular weight is 235 g/mol.